The van der Waals surface area contributed by atoms with Crippen LogP contribution in [0.5, 0.6) is 0 Å². The number of halogens is 1. The van der Waals surface area contributed by atoms with E-state index < -0.39 is 5.91 Å². The van der Waals surface area contributed by atoms with E-state index in [0.29, 0.717) is 30.2 Å². The van der Waals surface area contributed by atoms with Crippen molar-refractivity contribution in [3.05, 3.63) is 75.2 Å². The van der Waals surface area contributed by atoms with E-state index in [1.54, 1.807) is 29.2 Å². The maximum atomic E-state index is 12.9. The van der Waals surface area contributed by atoms with Crippen LogP contribution < -0.4 is 10.6 Å². The highest BCUT2D eigenvalue weighted by atomic mass is 35.5. The van der Waals surface area contributed by atoms with Crippen LogP contribution in [0.2, 0.25) is 5.02 Å². The van der Waals surface area contributed by atoms with Gasteiger partial charge in [0.25, 0.3) is 11.8 Å². The predicted octanol–water partition coefficient (Wildman–Crippen LogP) is 4.56. The molecule has 4 rings (SSSR count). The van der Waals surface area contributed by atoms with Crippen molar-refractivity contribution in [3.63, 3.8) is 0 Å². The van der Waals surface area contributed by atoms with Gasteiger partial charge in [0, 0.05) is 30.2 Å². The maximum absolute atomic E-state index is 12.9. The lowest BCUT2D eigenvalue weighted by Crippen LogP contribution is -2.39. The molecule has 2 N–H and O–H groups in total. The van der Waals surface area contributed by atoms with Crippen LogP contribution in [0.4, 0.5) is 5.69 Å². The Morgan fingerprint density at radius 2 is 1.77 bits per heavy atom. The first-order valence-corrected chi connectivity index (χ1v) is 12.6. The Hall–Kier alpha value is -3.30. The second kappa shape index (κ2) is 11.4. The molecule has 8 nitrogen and oxygen atoms in total. The first kappa shape index (κ1) is 24.8. The molecule has 0 saturated carbocycles. The molecule has 1 saturated heterocycles. The molecule has 1 atom stereocenters. The SMILES string of the molecule is C[C@@H](NC(=O)CC1CCN(C(=O)c2nnc(C(=O)Nc3cccc(Cl)c3)s2)CC1)c1ccccc1. The lowest BCUT2D eigenvalue weighted by atomic mass is 9.93. The second-order valence-electron chi connectivity index (χ2n) is 8.52. The van der Waals surface area contributed by atoms with Gasteiger partial charge in [0.15, 0.2) is 0 Å². The number of carbonyl (C=O) groups excluding carboxylic acids is 3. The zero-order chi connectivity index (χ0) is 24.8. The van der Waals surface area contributed by atoms with Gasteiger partial charge >= 0.3 is 0 Å². The standard InChI is InChI=1S/C25H26ClN5O3S/c1-16(18-6-3-2-4-7-18)27-21(32)14-17-10-12-31(13-11-17)25(34)24-30-29-23(35-24)22(33)28-20-9-5-8-19(26)15-20/h2-9,15-17H,10-14H2,1H3,(H,27,32)(H,28,33)/t16-/m1/s1. The minimum atomic E-state index is -0.446. The van der Waals surface area contributed by atoms with Crippen molar-refractivity contribution >= 4 is 46.3 Å². The van der Waals surface area contributed by atoms with Crippen LogP contribution in [0.15, 0.2) is 54.6 Å². The summed E-state index contributed by atoms with van der Waals surface area (Å²) in [5.41, 5.74) is 1.61. The van der Waals surface area contributed by atoms with Gasteiger partial charge in [-0.25, -0.2) is 0 Å². The van der Waals surface area contributed by atoms with Crippen molar-refractivity contribution in [2.45, 2.75) is 32.2 Å². The van der Waals surface area contributed by atoms with Crippen LogP contribution in [0.3, 0.4) is 0 Å². The maximum Gasteiger partial charge on any atom is 0.286 e. The number of hydrogen-bond donors (Lipinski definition) is 2. The fourth-order valence-electron chi connectivity index (χ4n) is 4.02. The summed E-state index contributed by atoms with van der Waals surface area (Å²) in [4.78, 5) is 39.5. The number of piperidine rings is 1. The molecule has 2 heterocycles. The molecule has 3 amide bonds. The van der Waals surface area contributed by atoms with E-state index >= 15 is 0 Å². The highest BCUT2D eigenvalue weighted by Gasteiger charge is 2.28. The number of nitrogens with one attached hydrogen (secondary N) is 2. The van der Waals surface area contributed by atoms with Crippen LogP contribution in [0.1, 0.15) is 57.4 Å². The molecule has 0 radical (unpaired) electrons. The number of likely N-dealkylation sites (tertiary alicyclic amines) is 1. The zero-order valence-corrected chi connectivity index (χ0v) is 20.8. The van der Waals surface area contributed by atoms with E-state index in [0.717, 1.165) is 29.7 Å². The number of amides is 3. The van der Waals surface area contributed by atoms with Crippen LogP contribution >= 0.6 is 22.9 Å². The third kappa shape index (κ3) is 6.64. The summed E-state index contributed by atoms with van der Waals surface area (Å²) in [5, 5.41) is 14.3. The Labute approximate surface area is 212 Å². The second-order valence-corrected chi connectivity index (χ2v) is 9.93. The van der Waals surface area contributed by atoms with Gasteiger partial charge in [-0.1, -0.05) is 59.3 Å². The minimum Gasteiger partial charge on any atom is -0.350 e. The molecule has 0 spiro atoms. The number of nitrogens with zero attached hydrogens (tertiary/aromatic N) is 3. The Kier molecular flexibility index (Phi) is 8.09. The van der Waals surface area contributed by atoms with Gasteiger partial charge in [0.1, 0.15) is 0 Å². The largest absolute Gasteiger partial charge is 0.350 e. The third-order valence-electron chi connectivity index (χ3n) is 5.94. The lowest BCUT2D eigenvalue weighted by molar-refractivity contribution is -0.122. The topological polar surface area (TPSA) is 104 Å². The van der Waals surface area contributed by atoms with Crippen molar-refractivity contribution in [2.24, 2.45) is 5.92 Å². The molecule has 3 aromatic rings. The molecule has 0 unspecified atom stereocenters. The van der Waals surface area contributed by atoms with Gasteiger partial charge in [-0.05, 0) is 49.4 Å². The van der Waals surface area contributed by atoms with Crippen LogP contribution in [0, 0.1) is 5.92 Å². The quantitative estimate of drug-likeness (QED) is 0.483. The summed E-state index contributed by atoms with van der Waals surface area (Å²) in [6.07, 6.45) is 1.91. The molecular weight excluding hydrogens is 486 g/mol. The Balaban J connectivity index is 1.25. The Morgan fingerprint density at radius 3 is 2.49 bits per heavy atom. The summed E-state index contributed by atoms with van der Waals surface area (Å²) in [6.45, 7) is 3.05. The molecule has 1 aliphatic rings. The molecule has 0 aliphatic carbocycles. The van der Waals surface area contributed by atoms with Gasteiger partial charge in [-0.2, -0.15) is 0 Å². The van der Waals surface area contributed by atoms with E-state index in [2.05, 4.69) is 20.8 Å². The van der Waals surface area contributed by atoms with Crippen LogP contribution in [-0.4, -0.2) is 45.9 Å². The highest BCUT2D eigenvalue weighted by Crippen LogP contribution is 2.24. The average Bonchev–Trinajstić information content (AvgIpc) is 3.35. The molecule has 35 heavy (non-hydrogen) atoms. The van der Waals surface area contributed by atoms with Crippen molar-refractivity contribution < 1.29 is 14.4 Å². The number of rotatable bonds is 7. The molecular formula is C25H26ClN5O3S. The van der Waals surface area contributed by atoms with Crippen molar-refractivity contribution in [2.75, 3.05) is 18.4 Å². The Bertz CT molecular complexity index is 1190. The first-order chi connectivity index (χ1) is 16.9. The van der Waals surface area contributed by atoms with Gasteiger partial charge in [-0.3, -0.25) is 14.4 Å². The zero-order valence-electron chi connectivity index (χ0n) is 19.2. The van der Waals surface area contributed by atoms with E-state index in [-0.39, 0.29) is 33.8 Å². The monoisotopic (exact) mass is 511 g/mol. The highest BCUT2D eigenvalue weighted by molar-refractivity contribution is 7.15. The van der Waals surface area contributed by atoms with Crippen LogP contribution in [-0.2, 0) is 4.79 Å². The normalized spacial score (nSPS) is 14.9. The van der Waals surface area contributed by atoms with Crippen molar-refractivity contribution in [1.82, 2.24) is 20.4 Å². The number of hydrogen-bond acceptors (Lipinski definition) is 6. The van der Waals surface area contributed by atoms with Crippen molar-refractivity contribution in [3.8, 4) is 0 Å². The number of benzene rings is 2. The lowest BCUT2D eigenvalue weighted by Gasteiger charge is -2.31. The van der Waals surface area contributed by atoms with E-state index in [1.165, 1.54) is 0 Å². The third-order valence-corrected chi connectivity index (χ3v) is 7.08. The summed E-state index contributed by atoms with van der Waals surface area (Å²) >= 11 is 6.90. The number of anilines is 1. The molecule has 2 aromatic carbocycles. The molecule has 10 heteroatoms. The van der Waals surface area contributed by atoms with Crippen molar-refractivity contribution in [1.29, 1.82) is 0 Å². The average molecular weight is 512 g/mol. The molecule has 1 aliphatic heterocycles. The molecule has 182 valence electrons. The number of aromatic nitrogens is 2. The van der Waals surface area contributed by atoms with Gasteiger partial charge in [0.05, 0.1) is 6.04 Å². The molecule has 1 fully saturated rings. The van der Waals surface area contributed by atoms with E-state index in [9.17, 15) is 14.4 Å². The van der Waals surface area contributed by atoms with Gasteiger partial charge in [-0.15, -0.1) is 10.2 Å². The Morgan fingerprint density at radius 1 is 1.06 bits per heavy atom. The molecule has 1 aromatic heterocycles. The van der Waals surface area contributed by atoms with Gasteiger partial charge < -0.3 is 15.5 Å². The summed E-state index contributed by atoms with van der Waals surface area (Å²) in [7, 11) is 0. The van der Waals surface area contributed by atoms with E-state index in [4.69, 9.17) is 11.6 Å². The number of carbonyl (C=O) groups is 3. The summed E-state index contributed by atoms with van der Waals surface area (Å²) in [5.74, 6) is -0.454. The minimum absolute atomic E-state index is 0.0191. The predicted molar refractivity (Wildman–Crippen MR) is 136 cm³/mol. The smallest absolute Gasteiger partial charge is 0.286 e. The van der Waals surface area contributed by atoms with Gasteiger partial charge in [0.2, 0.25) is 15.9 Å². The summed E-state index contributed by atoms with van der Waals surface area (Å²) < 4.78 is 0. The first-order valence-electron chi connectivity index (χ1n) is 11.4. The summed E-state index contributed by atoms with van der Waals surface area (Å²) in [6, 6.07) is 16.6. The fraction of sp³-hybridized carbons (Fsp3) is 0.320. The molecule has 0 bridgehead atoms. The fourth-order valence-corrected chi connectivity index (χ4v) is 4.91. The van der Waals surface area contributed by atoms with E-state index in [1.807, 2.05) is 37.3 Å². The van der Waals surface area contributed by atoms with Crippen LogP contribution in [0.25, 0.3) is 0 Å².